The smallest absolute Gasteiger partial charge is 0.252 e. The van der Waals surface area contributed by atoms with Crippen molar-refractivity contribution in [1.82, 2.24) is 0 Å². The number of nitrogens with two attached hydrogens (primary N) is 1. The minimum Gasteiger partial charge on any atom is -0.375 e. The summed E-state index contributed by atoms with van der Waals surface area (Å²) in [7, 11) is 1.52. The Balaban J connectivity index is 2.85. The fraction of sp³-hybridized carbons (Fsp3) is 0.462. The Hall–Kier alpha value is -1.39. The largest absolute Gasteiger partial charge is 0.375 e. The van der Waals surface area contributed by atoms with Crippen LogP contribution in [0.25, 0.3) is 0 Å². The molecule has 0 saturated heterocycles. The number of benzene rings is 1. The number of hydrogen-bond donors (Lipinski definition) is 1. The van der Waals surface area contributed by atoms with E-state index in [1.807, 2.05) is 31.2 Å². The summed E-state index contributed by atoms with van der Waals surface area (Å²) in [6.07, 6.45) is 0.781. The van der Waals surface area contributed by atoms with Crippen LogP contribution in [0.2, 0.25) is 0 Å². The van der Waals surface area contributed by atoms with E-state index in [9.17, 15) is 4.79 Å². The van der Waals surface area contributed by atoms with Crippen molar-refractivity contribution in [3.8, 4) is 0 Å². The van der Waals surface area contributed by atoms with Gasteiger partial charge in [0.05, 0.1) is 0 Å². The molecule has 0 bridgehead atoms. The highest BCUT2D eigenvalue weighted by atomic mass is 16.5. The Morgan fingerprint density at radius 1 is 1.47 bits per heavy atom. The molecule has 0 aliphatic heterocycles. The van der Waals surface area contributed by atoms with Gasteiger partial charge in [-0.2, -0.15) is 0 Å². The number of carbonyl (C=O) groups excluding carboxylic acids is 1. The van der Waals surface area contributed by atoms with Crippen molar-refractivity contribution in [2.75, 3.05) is 31.7 Å². The third-order valence-electron chi connectivity index (χ3n) is 2.47. The number of aryl methyl sites for hydroxylation is 1. The normalized spacial score (nSPS) is 10.3. The van der Waals surface area contributed by atoms with E-state index in [1.54, 1.807) is 4.90 Å². The van der Waals surface area contributed by atoms with Crippen molar-refractivity contribution >= 4 is 11.6 Å². The summed E-state index contributed by atoms with van der Waals surface area (Å²) in [5.74, 6) is -0.0356. The van der Waals surface area contributed by atoms with E-state index in [1.165, 1.54) is 7.11 Å². The maximum Gasteiger partial charge on any atom is 0.252 e. The van der Waals surface area contributed by atoms with Crippen LogP contribution in [0.1, 0.15) is 12.0 Å². The molecule has 1 amide bonds. The van der Waals surface area contributed by atoms with Crippen molar-refractivity contribution in [3.05, 3.63) is 29.8 Å². The molecule has 0 radical (unpaired) electrons. The maximum atomic E-state index is 11.9. The van der Waals surface area contributed by atoms with Crippen LogP contribution in [0, 0.1) is 6.92 Å². The number of methoxy groups -OCH3 is 1. The highest BCUT2D eigenvalue weighted by Crippen LogP contribution is 2.16. The van der Waals surface area contributed by atoms with Crippen LogP contribution < -0.4 is 10.6 Å². The first-order valence-electron chi connectivity index (χ1n) is 5.75. The molecule has 0 fully saturated rings. The first kappa shape index (κ1) is 13.7. The van der Waals surface area contributed by atoms with Crippen molar-refractivity contribution in [2.24, 2.45) is 5.73 Å². The Morgan fingerprint density at radius 2 is 2.24 bits per heavy atom. The molecule has 0 heterocycles. The number of ether oxygens (including phenoxy) is 1. The molecule has 0 saturated carbocycles. The first-order valence-corrected chi connectivity index (χ1v) is 5.75. The lowest BCUT2D eigenvalue weighted by molar-refractivity contribution is -0.122. The van der Waals surface area contributed by atoms with Crippen LogP contribution in [0.15, 0.2) is 24.3 Å². The van der Waals surface area contributed by atoms with Gasteiger partial charge in [0, 0.05) is 19.3 Å². The molecule has 0 aromatic heterocycles. The molecule has 1 rings (SSSR count). The molecule has 1 aromatic rings. The number of rotatable bonds is 6. The molecular weight excluding hydrogens is 216 g/mol. The lowest BCUT2D eigenvalue weighted by atomic mass is 10.2. The summed E-state index contributed by atoms with van der Waals surface area (Å²) >= 11 is 0. The van der Waals surface area contributed by atoms with E-state index in [-0.39, 0.29) is 12.5 Å². The van der Waals surface area contributed by atoms with Crippen LogP contribution in [0.4, 0.5) is 5.69 Å². The predicted octanol–water partition coefficient (Wildman–Crippen LogP) is 1.32. The van der Waals surface area contributed by atoms with Gasteiger partial charge >= 0.3 is 0 Å². The molecule has 1 aromatic carbocycles. The number of nitrogens with zero attached hydrogens (tertiary/aromatic N) is 1. The molecule has 4 heteroatoms. The molecule has 94 valence electrons. The van der Waals surface area contributed by atoms with Gasteiger partial charge in [-0.3, -0.25) is 4.79 Å². The fourth-order valence-corrected chi connectivity index (χ4v) is 1.64. The van der Waals surface area contributed by atoms with Gasteiger partial charge < -0.3 is 15.4 Å². The quantitative estimate of drug-likeness (QED) is 0.810. The second kappa shape index (κ2) is 7.04. The lowest BCUT2D eigenvalue weighted by Crippen LogP contribution is -2.35. The van der Waals surface area contributed by atoms with Gasteiger partial charge in [-0.15, -0.1) is 0 Å². The Labute approximate surface area is 102 Å². The summed E-state index contributed by atoms with van der Waals surface area (Å²) in [6.45, 7) is 3.30. The van der Waals surface area contributed by atoms with Gasteiger partial charge in [0.2, 0.25) is 0 Å². The molecule has 0 atom stereocenters. The number of amides is 1. The topological polar surface area (TPSA) is 55.6 Å². The molecule has 0 spiro atoms. The third-order valence-corrected chi connectivity index (χ3v) is 2.47. The van der Waals surface area contributed by atoms with Crippen LogP contribution in [0.5, 0.6) is 0 Å². The summed E-state index contributed by atoms with van der Waals surface area (Å²) in [4.78, 5) is 13.6. The minimum absolute atomic E-state index is 0.0356. The monoisotopic (exact) mass is 236 g/mol. The van der Waals surface area contributed by atoms with Crippen molar-refractivity contribution in [3.63, 3.8) is 0 Å². The molecular formula is C13H20N2O2. The second-order valence-electron chi connectivity index (χ2n) is 3.96. The minimum atomic E-state index is -0.0356. The molecule has 4 nitrogen and oxygen atoms in total. The summed E-state index contributed by atoms with van der Waals surface area (Å²) in [5.41, 5.74) is 7.52. The maximum absolute atomic E-state index is 11.9. The van der Waals surface area contributed by atoms with Gasteiger partial charge in [-0.05, 0) is 37.6 Å². The Bertz CT molecular complexity index is 366. The number of hydrogen-bond acceptors (Lipinski definition) is 3. The van der Waals surface area contributed by atoms with Gasteiger partial charge in [-0.25, -0.2) is 0 Å². The summed E-state index contributed by atoms with van der Waals surface area (Å²) in [5, 5.41) is 0. The zero-order chi connectivity index (χ0) is 12.7. The van der Waals surface area contributed by atoms with E-state index in [0.717, 1.165) is 17.7 Å². The average molecular weight is 236 g/mol. The van der Waals surface area contributed by atoms with E-state index in [2.05, 4.69) is 0 Å². The van der Waals surface area contributed by atoms with Crippen LogP contribution in [0.3, 0.4) is 0 Å². The van der Waals surface area contributed by atoms with Gasteiger partial charge in [-0.1, -0.05) is 12.1 Å². The predicted molar refractivity (Wildman–Crippen MR) is 69.1 cm³/mol. The van der Waals surface area contributed by atoms with Gasteiger partial charge in [0.25, 0.3) is 5.91 Å². The Kier molecular flexibility index (Phi) is 5.66. The van der Waals surface area contributed by atoms with Gasteiger partial charge in [0.15, 0.2) is 0 Å². The first-order chi connectivity index (χ1) is 8.19. The zero-order valence-corrected chi connectivity index (χ0v) is 10.5. The molecule has 2 N–H and O–H groups in total. The SMILES string of the molecule is COCC(=O)N(CCCN)c1cccc(C)c1. The van der Waals surface area contributed by atoms with E-state index < -0.39 is 0 Å². The van der Waals surface area contributed by atoms with E-state index in [0.29, 0.717) is 13.1 Å². The number of anilines is 1. The Morgan fingerprint density at radius 3 is 2.82 bits per heavy atom. The van der Waals surface area contributed by atoms with Crippen LogP contribution >= 0.6 is 0 Å². The lowest BCUT2D eigenvalue weighted by Gasteiger charge is -2.22. The fourth-order valence-electron chi connectivity index (χ4n) is 1.64. The van der Waals surface area contributed by atoms with Crippen molar-refractivity contribution < 1.29 is 9.53 Å². The average Bonchev–Trinajstić information content (AvgIpc) is 2.30. The zero-order valence-electron chi connectivity index (χ0n) is 10.5. The molecule has 0 aliphatic rings. The van der Waals surface area contributed by atoms with Crippen molar-refractivity contribution in [1.29, 1.82) is 0 Å². The molecule has 17 heavy (non-hydrogen) atoms. The highest BCUT2D eigenvalue weighted by molar-refractivity contribution is 5.94. The van der Waals surface area contributed by atoms with Crippen molar-refractivity contribution in [2.45, 2.75) is 13.3 Å². The summed E-state index contributed by atoms with van der Waals surface area (Å²) in [6, 6.07) is 7.87. The summed E-state index contributed by atoms with van der Waals surface area (Å²) < 4.78 is 4.89. The van der Waals surface area contributed by atoms with Crippen LogP contribution in [-0.2, 0) is 9.53 Å². The standard InChI is InChI=1S/C13H20N2O2/c1-11-5-3-6-12(9-11)15(8-4-7-14)13(16)10-17-2/h3,5-6,9H,4,7-8,10,14H2,1-2H3. The number of carbonyl (C=O) groups is 1. The van der Waals surface area contributed by atoms with Crippen LogP contribution in [-0.4, -0.2) is 32.7 Å². The highest BCUT2D eigenvalue weighted by Gasteiger charge is 2.14. The van der Waals surface area contributed by atoms with E-state index in [4.69, 9.17) is 10.5 Å². The third kappa shape index (κ3) is 4.17. The molecule has 0 unspecified atom stereocenters. The molecule has 0 aliphatic carbocycles. The van der Waals surface area contributed by atoms with E-state index >= 15 is 0 Å². The second-order valence-corrected chi connectivity index (χ2v) is 3.96. The van der Waals surface area contributed by atoms with Gasteiger partial charge in [0.1, 0.15) is 6.61 Å².